The number of carbonyl (C=O) groups is 1. The molecular weight excluding hydrogens is 202 g/mol. The van der Waals surface area contributed by atoms with Gasteiger partial charge in [-0.15, -0.1) is 0 Å². The molecule has 3 nitrogen and oxygen atoms in total. The van der Waals surface area contributed by atoms with Crippen LogP contribution in [0.3, 0.4) is 0 Å². The summed E-state index contributed by atoms with van der Waals surface area (Å²) in [4.78, 5) is 11.7. The van der Waals surface area contributed by atoms with Gasteiger partial charge in [-0.05, 0) is 48.9 Å². The van der Waals surface area contributed by atoms with Crippen LogP contribution in [0.15, 0.2) is 6.07 Å². The van der Waals surface area contributed by atoms with Crippen molar-refractivity contribution in [2.24, 2.45) is 0 Å². The van der Waals surface area contributed by atoms with Gasteiger partial charge in [-0.3, -0.25) is 4.79 Å². The molecule has 16 heavy (non-hydrogen) atoms. The molecule has 1 aromatic rings. The van der Waals surface area contributed by atoms with E-state index in [-0.39, 0.29) is 5.78 Å². The summed E-state index contributed by atoms with van der Waals surface area (Å²) in [5, 5.41) is 10.2. The molecule has 84 valence electrons. The van der Waals surface area contributed by atoms with Crippen molar-refractivity contribution in [2.75, 3.05) is 5.73 Å². The monoisotopic (exact) mass is 217 g/mol. The molecule has 3 N–H and O–H groups in total. The Bertz CT molecular complexity index is 503. The van der Waals surface area contributed by atoms with Gasteiger partial charge in [-0.1, -0.05) is 0 Å². The number of aliphatic hydroxyl groups is 1. The molecule has 0 aromatic heterocycles. The topological polar surface area (TPSA) is 63.3 Å². The highest BCUT2D eigenvalue weighted by atomic mass is 16.3. The van der Waals surface area contributed by atoms with Crippen molar-refractivity contribution in [3.8, 4) is 0 Å². The maximum Gasteiger partial charge on any atom is 0.163 e. The first-order chi connectivity index (χ1) is 7.50. The molecule has 0 heterocycles. The van der Waals surface area contributed by atoms with Crippen molar-refractivity contribution in [1.29, 1.82) is 0 Å². The van der Waals surface area contributed by atoms with Crippen LogP contribution in [0.5, 0.6) is 0 Å². The van der Waals surface area contributed by atoms with Gasteiger partial charge < -0.3 is 10.8 Å². The maximum atomic E-state index is 11.7. The number of anilines is 1. The Balaban J connectivity index is 2.30. The number of hydrogen-bond acceptors (Lipinski definition) is 3. The van der Waals surface area contributed by atoms with E-state index in [4.69, 9.17) is 5.73 Å². The number of benzene rings is 1. The van der Waals surface area contributed by atoms with Crippen LogP contribution in [0.25, 0.3) is 0 Å². The number of rotatable bonds is 0. The van der Waals surface area contributed by atoms with Gasteiger partial charge in [0.05, 0.1) is 5.60 Å². The predicted molar refractivity (Wildman–Crippen MR) is 61.4 cm³/mol. The molecule has 0 saturated heterocycles. The summed E-state index contributed by atoms with van der Waals surface area (Å²) < 4.78 is 0. The lowest BCUT2D eigenvalue weighted by atomic mass is 9.93. The molecule has 1 atom stereocenters. The minimum Gasteiger partial charge on any atom is -0.398 e. The molecule has 2 aliphatic carbocycles. The van der Waals surface area contributed by atoms with Crippen LogP contribution in [-0.4, -0.2) is 10.9 Å². The van der Waals surface area contributed by atoms with Crippen LogP contribution in [0.1, 0.15) is 46.8 Å². The largest absolute Gasteiger partial charge is 0.398 e. The van der Waals surface area contributed by atoms with Gasteiger partial charge in [0.2, 0.25) is 0 Å². The van der Waals surface area contributed by atoms with E-state index in [0.717, 1.165) is 40.8 Å². The van der Waals surface area contributed by atoms with E-state index >= 15 is 0 Å². The van der Waals surface area contributed by atoms with Crippen molar-refractivity contribution >= 4 is 11.5 Å². The molecule has 3 heteroatoms. The number of ketones is 1. The molecule has 1 unspecified atom stereocenters. The first kappa shape index (κ1) is 9.85. The Labute approximate surface area is 94.3 Å². The SMILES string of the molecule is CC1(O)CCc2c1cc1c(c2N)CCC1=O. The summed E-state index contributed by atoms with van der Waals surface area (Å²) in [5.41, 5.74) is 9.68. The molecular formula is C13H15NO2. The molecule has 0 bridgehead atoms. The lowest BCUT2D eigenvalue weighted by Gasteiger charge is -2.19. The summed E-state index contributed by atoms with van der Waals surface area (Å²) in [5.74, 6) is 0.159. The zero-order valence-electron chi connectivity index (χ0n) is 9.34. The lowest BCUT2D eigenvalue weighted by Crippen LogP contribution is -2.17. The van der Waals surface area contributed by atoms with E-state index in [1.54, 1.807) is 6.92 Å². The Morgan fingerprint density at radius 1 is 1.31 bits per heavy atom. The number of hydrogen-bond donors (Lipinski definition) is 2. The van der Waals surface area contributed by atoms with Crippen LogP contribution in [0.4, 0.5) is 5.69 Å². The van der Waals surface area contributed by atoms with Crippen molar-refractivity contribution in [2.45, 2.75) is 38.2 Å². The van der Waals surface area contributed by atoms with Gasteiger partial charge in [-0.25, -0.2) is 0 Å². The van der Waals surface area contributed by atoms with E-state index in [2.05, 4.69) is 0 Å². The molecule has 3 rings (SSSR count). The second-order valence-electron chi connectivity index (χ2n) is 5.04. The summed E-state index contributed by atoms with van der Waals surface area (Å²) in [6.45, 7) is 1.80. The summed E-state index contributed by atoms with van der Waals surface area (Å²) in [7, 11) is 0. The minimum absolute atomic E-state index is 0.159. The predicted octanol–water partition coefficient (Wildman–Crippen LogP) is 1.55. The fourth-order valence-electron chi connectivity index (χ4n) is 2.94. The molecule has 0 fully saturated rings. The summed E-state index contributed by atoms with van der Waals surface area (Å²) in [6, 6.07) is 1.86. The van der Waals surface area contributed by atoms with Gasteiger partial charge in [0, 0.05) is 17.7 Å². The molecule has 0 saturated carbocycles. The van der Waals surface area contributed by atoms with Crippen LogP contribution < -0.4 is 5.73 Å². The van der Waals surface area contributed by atoms with E-state index in [0.29, 0.717) is 12.8 Å². The molecule has 2 aliphatic rings. The van der Waals surface area contributed by atoms with Crippen molar-refractivity contribution in [3.05, 3.63) is 28.3 Å². The third-order valence-electron chi connectivity index (χ3n) is 3.93. The second-order valence-corrected chi connectivity index (χ2v) is 5.04. The second kappa shape index (κ2) is 2.86. The Hall–Kier alpha value is -1.35. The molecule has 0 spiro atoms. The standard InChI is InChI=1S/C13H15NO2/c1-13(16)5-4-8-10(13)6-9-7(12(8)14)2-3-11(9)15/h6,16H,2-5,14H2,1H3. The van der Waals surface area contributed by atoms with E-state index in [1.807, 2.05) is 6.07 Å². The van der Waals surface area contributed by atoms with Crippen molar-refractivity contribution in [1.82, 2.24) is 0 Å². The lowest BCUT2D eigenvalue weighted by molar-refractivity contribution is 0.0594. The molecule has 1 aromatic carbocycles. The summed E-state index contributed by atoms with van der Waals surface area (Å²) >= 11 is 0. The maximum absolute atomic E-state index is 11.7. The van der Waals surface area contributed by atoms with Gasteiger partial charge >= 0.3 is 0 Å². The Kier molecular flexibility index (Phi) is 1.76. The highest BCUT2D eigenvalue weighted by molar-refractivity contribution is 6.02. The number of Topliss-reactive ketones (excluding diaryl/α,β-unsaturated/α-hetero) is 1. The average molecular weight is 217 g/mol. The Morgan fingerprint density at radius 3 is 2.81 bits per heavy atom. The summed E-state index contributed by atoms with van der Waals surface area (Å²) in [6.07, 6.45) is 2.83. The smallest absolute Gasteiger partial charge is 0.163 e. The minimum atomic E-state index is -0.818. The normalized spacial score (nSPS) is 27.0. The van der Waals surface area contributed by atoms with Crippen LogP contribution >= 0.6 is 0 Å². The zero-order valence-corrected chi connectivity index (χ0v) is 9.34. The van der Waals surface area contributed by atoms with Crippen molar-refractivity contribution in [3.63, 3.8) is 0 Å². The third-order valence-corrected chi connectivity index (χ3v) is 3.93. The van der Waals surface area contributed by atoms with Gasteiger partial charge in [0.25, 0.3) is 0 Å². The zero-order chi connectivity index (χ0) is 11.5. The van der Waals surface area contributed by atoms with E-state index < -0.39 is 5.60 Å². The van der Waals surface area contributed by atoms with Crippen LogP contribution in [-0.2, 0) is 18.4 Å². The first-order valence-corrected chi connectivity index (χ1v) is 5.71. The van der Waals surface area contributed by atoms with Gasteiger partial charge in [0.15, 0.2) is 5.78 Å². The van der Waals surface area contributed by atoms with Gasteiger partial charge in [-0.2, -0.15) is 0 Å². The van der Waals surface area contributed by atoms with Crippen molar-refractivity contribution < 1.29 is 9.90 Å². The number of nitrogen functional groups attached to an aromatic ring is 1. The van der Waals surface area contributed by atoms with Crippen LogP contribution in [0.2, 0.25) is 0 Å². The quantitative estimate of drug-likeness (QED) is 0.648. The number of fused-ring (bicyclic) bond motifs is 2. The van der Waals surface area contributed by atoms with Crippen LogP contribution in [0, 0.1) is 0 Å². The van der Waals surface area contributed by atoms with Gasteiger partial charge in [0.1, 0.15) is 0 Å². The number of nitrogens with two attached hydrogens (primary N) is 1. The first-order valence-electron chi connectivity index (χ1n) is 5.71. The fraction of sp³-hybridized carbons (Fsp3) is 0.462. The highest BCUT2D eigenvalue weighted by Gasteiger charge is 2.36. The third kappa shape index (κ3) is 1.09. The fourth-order valence-corrected chi connectivity index (χ4v) is 2.94. The van der Waals surface area contributed by atoms with E-state index in [1.165, 1.54) is 0 Å². The average Bonchev–Trinajstić information content (AvgIpc) is 2.72. The molecule has 0 amide bonds. The Morgan fingerprint density at radius 2 is 2.06 bits per heavy atom. The van der Waals surface area contributed by atoms with E-state index in [9.17, 15) is 9.90 Å². The molecule has 0 aliphatic heterocycles. The highest BCUT2D eigenvalue weighted by Crippen LogP contribution is 2.43. The molecule has 0 radical (unpaired) electrons. The number of carbonyl (C=O) groups excluding carboxylic acids is 1.